The summed E-state index contributed by atoms with van der Waals surface area (Å²) >= 11 is 0. The molecule has 0 N–H and O–H groups in total. The van der Waals surface area contributed by atoms with E-state index in [-0.39, 0.29) is 5.41 Å². The van der Waals surface area contributed by atoms with E-state index in [4.69, 9.17) is 4.84 Å². The second-order valence-electron chi connectivity index (χ2n) is 5.95. The van der Waals surface area contributed by atoms with Crippen LogP contribution in [0.3, 0.4) is 0 Å². The van der Waals surface area contributed by atoms with E-state index in [0.717, 1.165) is 11.4 Å². The molecule has 2 rings (SSSR count). The number of aryl methyl sites for hydroxylation is 1. The Morgan fingerprint density at radius 1 is 0.947 bits per heavy atom. The molecule has 0 aliphatic heterocycles. The minimum Gasteiger partial charge on any atom is -0.231 e. The lowest BCUT2D eigenvalue weighted by Crippen LogP contribution is -2.47. The fourth-order valence-corrected chi connectivity index (χ4v) is 2.02. The molecule has 0 amide bonds. The molecule has 1 heterocycles. The quantitative estimate of drug-likeness (QED) is 0.746. The van der Waals surface area contributed by atoms with E-state index >= 15 is 0 Å². The fraction of sp³-hybridized carbons (Fsp3) is 0.353. The molecule has 0 aliphatic rings. The van der Waals surface area contributed by atoms with Gasteiger partial charge in [0.2, 0.25) is 17.6 Å². The molecular weight excluding hydrogens is 234 g/mol. The van der Waals surface area contributed by atoms with Gasteiger partial charge in [0.05, 0.1) is 5.41 Å². The first kappa shape index (κ1) is 13.6. The maximum atomic E-state index is 6.06. The van der Waals surface area contributed by atoms with Crippen LogP contribution in [0.5, 0.6) is 5.75 Å². The summed E-state index contributed by atoms with van der Waals surface area (Å²) < 4.78 is 1.86. The van der Waals surface area contributed by atoms with E-state index in [1.54, 1.807) is 0 Å². The summed E-state index contributed by atoms with van der Waals surface area (Å²) in [6.07, 6.45) is 1.96. The van der Waals surface area contributed by atoms with Gasteiger partial charge < -0.3 is 0 Å². The van der Waals surface area contributed by atoms with Gasteiger partial charge in [-0.3, -0.25) is 0 Å². The van der Waals surface area contributed by atoms with E-state index < -0.39 is 0 Å². The summed E-state index contributed by atoms with van der Waals surface area (Å²) in [4.78, 5) is 6.06. The van der Waals surface area contributed by atoms with Crippen molar-refractivity contribution in [2.45, 2.75) is 40.0 Å². The lowest BCUT2D eigenvalue weighted by atomic mass is 9.92. The highest BCUT2D eigenvalue weighted by Crippen LogP contribution is 2.22. The highest BCUT2D eigenvalue weighted by atomic mass is 16.7. The highest BCUT2D eigenvalue weighted by Gasteiger charge is 2.27. The van der Waals surface area contributed by atoms with E-state index in [2.05, 4.69) is 46.8 Å². The van der Waals surface area contributed by atoms with Crippen LogP contribution in [-0.4, -0.2) is 0 Å². The smallest absolute Gasteiger partial charge is 0.231 e. The molecule has 0 saturated heterocycles. The van der Waals surface area contributed by atoms with Crippen molar-refractivity contribution in [2.24, 2.45) is 0 Å². The third kappa shape index (κ3) is 2.95. The van der Waals surface area contributed by atoms with E-state index in [9.17, 15) is 0 Å². The number of pyridine rings is 1. The molecule has 19 heavy (non-hydrogen) atoms. The molecule has 1 aromatic heterocycles. The van der Waals surface area contributed by atoms with Crippen LogP contribution in [-0.2, 0) is 5.41 Å². The van der Waals surface area contributed by atoms with Gasteiger partial charge in [0.15, 0.2) is 0 Å². The average Bonchev–Trinajstić information content (AvgIpc) is 2.34. The van der Waals surface area contributed by atoms with Gasteiger partial charge >= 0.3 is 0 Å². The summed E-state index contributed by atoms with van der Waals surface area (Å²) in [6.45, 7) is 10.7. The van der Waals surface area contributed by atoms with Crippen molar-refractivity contribution in [1.29, 1.82) is 0 Å². The Morgan fingerprint density at radius 3 is 2.37 bits per heavy atom. The average molecular weight is 256 g/mol. The lowest BCUT2D eigenvalue weighted by molar-refractivity contribution is -0.882. The predicted octanol–water partition coefficient (Wildman–Crippen LogP) is 3.73. The van der Waals surface area contributed by atoms with Crippen molar-refractivity contribution in [3.8, 4) is 5.75 Å². The fourth-order valence-electron chi connectivity index (χ4n) is 2.02. The SMILES string of the molecule is Cc1cccc(O[n+]2ccccc2C(C)(C)C)c1C. The zero-order chi connectivity index (χ0) is 14.0. The van der Waals surface area contributed by atoms with Crippen LogP contribution in [0.25, 0.3) is 0 Å². The third-order valence-corrected chi connectivity index (χ3v) is 3.34. The van der Waals surface area contributed by atoms with Crippen LogP contribution in [0.15, 0.2) is 42.6 Å². The van der Waals surface area contributed by atoms with Gasteiger partial charge in [-0.2, -0.15) is 0 Å². The first-order valence-electron chi connectivity index (χ1n) is 6.65. The molecule has 2 heteroatoms. The molecular formula is C17H22NO+. The number of hydrogen-bond donors (Lipinski definition) is 0. The molecule has 0 atom stereocenters. The van der Waals surface area contributed by atoms with Crippen molar-refractivity contribution < 1.29 is 9.57 Å². The summed E-state index contributed by atoms with van der Waals surface area (Å²) in [5.74, 6) is 0.904. The van der Waals surface area contributed by atoms with Gasteiger partial charge in [-0.25, -0.2) is 4.84 Å². The summed E-state index contributed by atoms with van der Waals surface area (Å²) in [5.41, 5.74) is 3.61. The monoisotopic (exact) mass is 256 g/mol. The topological polar surface area (TPSA) is 13.1 Å². The zero-order valence-electron chi connectivity index (χ0n) is 12.4. The van der Waals surface area contributed by atoms with Gasteiger partial charge in [-0.15, -0.1) is 0 Å². The molecule has 2 nitrogen and oxygen atoms in total. The lowest BCUT2D eigenvalue weighted by Gasteiger charge is -2.15. The Bertz CT molecular complexity index is 582. The third-order valence-electron chi connectivity index (χ3n) is 3.34. The molecule has 0 unspecified atom stereocenters. The van der Waals surface area contributed by atoms with Crippen molar-refractivity contribution in [3.05, 3.63) is 59.4 Å². The van der Waals surface area contributed by atoms with Crippen LogP contribution < -0.4 is 9.57 Å². The minimum absolute atomic E-state index is 0.0407. The molecule has 0 radical (unpaired) electrons. The molecule has 0 aliphatic carbocycles. The molecule has 1 aromatic carbocycles. The highest BCUT2D eigenvalue weighted by molar-refractivity contribution is 5.37. The van der Waals surface area contributed by atoms with Crippen molar-refractivity contribution in [1.82, 2.24) is 0 Å². The first-order chi connectivity index (χ1) is 8.89. The normalized spacial score (nSPS) is 11.4. The Hall–Kier alpha value is -1.83. The summed E-state index contributed by atoms with van der Waals surface area (Å²) in [7, 11) is 0. The van der Waals surface area contributed by atoms with Gasteiger partial charge in [0.1, 0.15) is 0 Å². The number of rotatable bonds is 2. The van der Waals surface area contributed by atoms with Gasteiger partial charge in [0, 0.05) is 22.4 Å². The predicted molar refractivity (Wildman–Crippen MR) is 77.3 cm³/mol. The Kier molecular flexibility index (Phi) is 3.61. The Morgan fingerprint density at radius 2 is 1.68 bits per heavy atom. The van der Waals surface area contributed by atoms with Gasteiger partial charge in [0.25, 0.3) is 0 Å². The molecule has 0 bridgehead atoms. The van der Waals surface area contributed by atoms with Crippen LogP contribution in [0.1, 0.15) is 37.6 Å². The van der Waals surface area contributed by atoms with E-state index in [1.165, 1.54) is 11.1 Å². The number of nitrogens with zero attached hydrogens (tertiary/aromatic N) is 1. The maximum absolute atomic E-state index is 6.06. The molecule has 2 aromatic rings. The van der Waals surface area contributed by atoms with Gasteiger partial charge in [-0.1, -0.05) is 32.9 Å². The largest absolute Gasteiger partial charge is 0.240 e. The maximum Gasteiger partial charge on any atom is 0.240 e. The molecule has 0 spiro atoms. The Labute approximate surface area is 115 Å². The molecule has 100 valence electrons. The summed E-state index contributed by atoms with van der Waals surface area (Å²) in [6, 6.07) is 12.3. The zero-order valence-corrected chi connectivity index (χ0v) is 12.4. The number of aromatic nitrogens is 1. The van der Waals surface area contributed by atoms with Crippen LogP contribution in [0, 0.1) is 13.8 Å². The number of benzene rings is 1. The first-order valence-corrected chi connectivity index (χ1v) is 6.65. The molecule has 0 saturated carbocycles. The standard InChI is InChI=1S/C17H22NO/c1-13-9-8-10-15(14(13)2)19-18-12-7-6-11-16(18)17(3,4)5/h6-12H,1-5H3/q+1. The second-order valence-corrected chi connectivity index (χ2v) is 5.95. The van der Waals surface area contributed by atoms with Crippen molar-refractivity contribution >= 4 is 0 Å². The van der Waals surface area contributed by atoms with E-state index in [0.29, 0.717) is 0 Å². The number of hydrogen-bond acceptors (Lipinski definition) is 1. The van der Waals surface area contributed by atoms with Crippen LogP contribution in [0.4, 0.5) is 0 Å². The van der Waals surface area contributed by atoms with Crippen molar-refractivity contribution in [3.63, 3.8) is 0 Å². The molecule has 0 fully saturated rings. The Balaban J connectivity index is 2.42. The van der Waals surface area contributed by atoms with Crippen LogP contribution in [0.2, 0.25) is 0 Å². The minimum atomic E-state index is 0.0407. The van der Waals surface area contributed by atoms with Crippen LogP contribution >= 0.6 is 0 Å². The second kappa shape index (κ2) is 5.04. The summed E-state index contributed by atoms with van der Waals surface area (Å²) in [5, 5.41) is 0. The van der Waals surface area contributed by atoms with E-state index in [1.807, 2.05) is 35.2 Å². The van der Waals surface area contributed by atoms with Crippen molar-refractivity contribution in [2.75, 3.05) is 0 Å². The van der Waals surface area contributed by atoms with Gasteiger partial charge in [-0.05, 0) is 31.5 Å².